The number of benzene rings is 2. The highest BCUT2D eigenvalue weighted by molar-refractivity contribution is 6.30. The second-order valence-electron chi connectivity index (χ2n) is 8.58. The van der Waals surface area contributed by atoms with Gasteiger partial charge in [0, 0.05) is 49.0 Å². The molecule has 0 bridgehead atoms. The maximum atomic E-state index is 13.3. The first-order chi connectivity index (χ1) is 15.6. The van der Waals surface area contributed by atoms with Crippen LogP contribution in [0.4, 0.5) is 0 Å². The number of carbonyl (C=O) groups excluding carboxylic acids is 1. The number of aromatic nitrogens is 2. The molecule has 7 heteroatoms. The van der Waals surface area contributed by atoms with Gasteiger partial charge in [-0.1, -0.05) is 29.8 Å². The average molecular weight is 452 g/mol. The quantitative estimate of drug-likeness (QED) is 0.576. The fraction of sp³-hybridized carbons (Fsp3) is 0.360. The minimum absolute atomic E-state index is 0.0225. The SMILES string of the molecule is O=C(c1ccccc1Cn1ccnc1)N1CCC2(CC1)CC(Oc1ccc(Cl)cc1)CO2. The summed E-state index contributed by atoms with van der Waals surface area (Å²) in [6, 6.07) is 15.3. The first-order valence-corrected chi connectivity index (χ1v) is 11.4. The Bertz CT molecular complexity index is 1060. The summed E-state index contributed by atoms with van der Waals surface area (Å²) in [6.45, 7) is 2.58. The number of piperidine rings is 1. The van der Waals surface area contributed by atoms with Crippen LogP contribution >= 0.6 is 11.6 Å². The zero-order valence-electron chi connectivity index (χ0n) is 17.8. The van der Waals surface area contributed by atoms with E-state index in [2.05, 4.69) is 4.98 Å². The van der Waals surface area contributed by atoms with Crippen LogP contribution in [-0.2, 0) is 11.3 Å². The molecule has 3 heterocycles. The number of rotatable bonds is 5. The number of amides is 1. The van der Waals surface area contributed by atoms with Gasteiger partial charge in [0.2, 0.25) is 0 Å². The zero-order valence-corrected chi connectivity index (χ0v) is 18.6. The summed E-state index contributed by atoms with van der Waals surface area (Å²) in [5.41, 5.74) is 1.56. The van der Waals surface area contributed by atoms with E-state index in [0.717, 1.165) is 36.1 Å². The predicted octanol–water partition coefficient (Wildman–Crippen LogP) is 4.43. The number of nitrogens with zero attached hydrogens (tertiary/aromatic N) is 3. The molecule has 2 aromatic carbocycles. The van der Waals surface area contributed by atoms with E-state index < -0.39 is 0 Å². The topological polar surface area (TPSA) is 56.6 Å². The number of likely N-dealkylation sites (tertiary alicyclic amines) is 1. The molecule has 1 aromatic heterocycles. The Morgan fingerprint density at radius 1 is 1.16 bits per heavy atom. The van der Waals surface area contributed by atoms with E-state index in [4.69, 9.17) is 21.1 Å². The first kappa shape index (κ1) is 21.0. The molecule has 6 nitrogen and oxygen atoms in total. The van der Waals surface area contributed by atoms with Crippen LogP contribution in [0.15, 0.2) is 67.3 Å². The van der Waals surface area contributed by atoms with Crippen LogP contribution in [0.25, 0.3) is 0 Å². The Hall–Kier alpha value is -2.83. The molecular formula is C25H26ClN3O3. The monoisotopic (exact) mass is 451 g/mol. The van der Waals surface area contributed by atoms with Crippen LogP contribution in [0.1, 0.15) is 35.2 Å². The van der Waals surface area contributed by atoms with Gasteiger partial charge in [-0.05, 0) is 48.7 Å². The fourth-order valence-electron chi connectivity index (χ4n) is 4.66. The Kier molecular flexibility index (Phi) is 5.89. The summed E-state index contributed by atoms with van der Waals surface area (Å²) in [6.07, 6.45) is 7.94. The third-order valence-electron chi connectivity index (χ3n) is 6.41. The number of ether oxygens (including phenoxy) is 2. The molecule has 1 amide bonds. The number of imidazole rings is 1. The van der Waals surface area contributed by atoms with Crippen molar-refractivity contribution in [3.8, 4) is 5.75 Å². The van der Waals surface area contributed by atoms with Crippen molar-refractivity contribution in [1.82, 2.24) is 14.5 Å². The lowest BCUT2D eigenvalue weighted by Gasteiger charge is -2.38. The summed E-state index contributed by atoms with van der Waals surface area (Å²) >= 11 is 5.96. The summed E-state index contributed by atoms with van der Waals surface area (Å²) in [4.78, 5) is 19.4. The summed E-state index contributed by atoms with van der Waals surface area (Å²) in [7, 11) is 0. The highest BCUT2D eigenvalue weighted by atomic mass is 35.5. The highest BCUT2D eigenvalue weighted by Crippen LogP contribution is 2.38. The Balaban J connectivity index is 1.20. The van der Waals surface area contributed by atoms with E-state index in [1.54, 1.807) is 12.5 Å². The molecule has 0 N–H and O–H groups in total. The van der Waals surface area contributed by atoms with Gasteiger partial charge >= 0.3 is 0 Å². The van der Waals surface area contributed by atoms with Crippen molar-refractivity contribution in [2.75, 3.05) is 19.7 Å². The van der Waals surface area contributed by atoms with Crippen molar-refractivity contribution in [3.05, 3.63) is 83.4 Å². The highest BCUT2D eigenvalue weighted by Gasteiger charge is 2.44. The Morgan fingerprint density at radius 2 is 1.94 bits per heavy atom. The van der Waals surface area contributed by atoms with E-state index in [-0.39, 0.29) is 17.6 Å². The summed E-state index contributed by atoms with van der Waals surface area (Å²) in [5.74, 6) is 0.893. The molecule has 0 radical (unpaired) electrons. The lowest BCUT2D eigenvalue weighted by Crippen LogP contribution is -2.46. The van der Waals surface area contributed by atoms with Crippen molar-refractivity contribution < 1.29 is 14.3 Å². The van der Waals surface area contributed by atoms with Crippen LogP contribution < -0.4 is 4.74 Å². The molecule has 32 heavy (non-hydrogen) atoms. The molecule has 2 saturated heterocycles. The van der Waals surface area contributed by atoms with Crippen molar-refractivity contribution in [2.45, 2.75) is 37.5 Å². The third kappa shape index (κ3) is 4.52. The van der Waals surface area contributed by atoms with Gasteiger partial charge in [-0.15, -0.1) is 0 Å². The van der Waals surface area contributed by atoms with Crippen LogP contribution in [0.5, 0.6) is 5.75 Å². The maximum absolute atomic E-state index is 13.3. The van der Waals surface area contributed by atoms with Gasteiger partial charge < -0.3 is 18.9 Å². The standard InChI is InChI=1S/C25H26ClN3O3/c26-20-5-7-21(8-6-20)32-22-15-25(31-17-22)9-12-29(13-10-25)24(30)23-4-2-1-3-19(23)16-28-14-11-27-18-28/h1-8,11,14,18,22H,9-10,12-13,15-17H2. The van der Waals surface area contributed by atoms with Gasteiger partial charge in [-0.3, -0.25) is 4.79 Å². The van der Waals surface area contributed by atoms with E-state index in [0.29, 0.717) is 31.3 Å². The molecule has 3 aromatic rings. The minimum atomic E-state index is -0.204. The fourth-order valence-corrected chi connectivity index (χ4v) is 4.79. The van der Waals surface area contributed by atoms with Crippen LogP contribution in [0.2, 0.25) is 5.02 Å². The van der Waals surface area contributed by atoms with Crippen molar-refractivity contribution in [2.24, 2.45) is 0 Å². The van der Waals surface area contributed by atoms with Gasteiger partial charge in [0.05, 0.1) is 18.5 Å². The largest absolute Gasteiger partial charge is 0.488 e. The van der Waals surface area contributed by atoms with Gasteiger partial charge in [0.25, 0.3) is 5.91 Å². The van der Waals surface area contributed by atoms with Crippen molar-refractivity contribution >= 4 is 17.5 Å². The number of hydrogen-bond acceptors (Lipinski definition) is 4. The van der Waals surface area contributed by atoms with Gasteiger partial charge in [-0.25, -0.2) is 4.98 Å². The molecule has 1 spiro atoms. The second-order valence-corrected chi connectivity index (χ2v) is 9.01. The van der Waals surface area contributed by atoms with E-state index in [1.807, 2.05) is 64.2 Å². The molecule has 2 fully saturated rings. The van der Waals surface area contributed by atoms with Gasteiger partial charge in [0.15, 0.2) is 0 Å². The Labute approximate surface area is 192 Å². The van der Waals surface area contributed by atoms with Crippen molar-refractivity contribution in [1.29, 1.82) is 0 Å². The maximum Gasteiger partial charge on any atom is 0.254 e. The molecule has 1 unspecified atom stereocenters. The smallest absolute Gasteiger partial charge is 0.254 e. The van der Waals surface area contributed by atoms with Crippen molar-refractivity contribution in [3.63, 3.8) is 0 Å². The lowest BCUT2D eigenvalue weighted by molar-refractivity contribution is -0.0395. The summed E-state index contributed by atoms with van der Waals surface area (Å²) in [5, 5.41) is 0.695. The average Bonchev–Trinajstić information content (AvgIpc) is 3.46. The predicted molar refractivity (Wildman–Crippen MR) is 122 cm³/mol. The molecule has 0 aliphatic carbocycles. The lowest BCUT2D eigenvalue weighted by atomic mass is 9.87. The van der Waals surface area contributed by atoms with E-state index >= 15 is 0 Å². The zero-order chi connectivity index (χ0) is 22.0. The van der Waals surface area contributed by atoms with Crippen LogP contribution in [0.3, 0.4) is 0 Å². The molecular weight excluding hydrogens is 426 g/mol. The minimum Gasteiger partial charge on any atom is -0.488 e. The number of hydrogen-bond donors (Lipinski definition) is 0. The summed E-state index contributed by atoms with van der Waals surface area (Å²) < 4.78 is 14.3. The molecule has 0 saturated carbocycles. The van der Waals surface area contributed by atoms with Crippen LogP contribution in [0, 0.1) is 0 Å². The molecule has 5 rings (SSSR count). The third-order valence-corrected chi connectivity index (χ3v) is 6.67. The Morgan fingerprint density at radius 3 is 2.69 bits per heavy atom. The first-order valence-electron chi connectivity index (χ1n) is 11.0. The molecule has 2 aliphatic heterocycles. The normalized spacial score (nSPS) is 19.9. The molecule has 1 atom stereocenters. The number of carbonyl (C=O) groups is 1. The number of halogens is 1. The molecule has 166 valence electrons. The van der Waals surface area contributed by atoms with E-state index in [1.165, 1.54) is 0 Å². The van der Waals surface area contributed by atoms with Gasteiger partial charge in [-0.2, -0.15) is 0 Å². The second kappa shape index (κ2) is 8.96. The molecule has 2 aliphatic rings. The van der Waals surface area contributed by atoms with Gasteiger partial charge in [0.1, 0.15) is 11.9 Å². The van der Waals surface area contributed by atoms with Crippen LogP contribution in [-0.4, -0.2) is 51.8 Å². The van der Waals surface area contributed by atoms with E-state index in [9.17, 15) is 4.79 Å².